The molecule has 0 bridgehead atoms. The van der Waals surface area contributed by atoms with E-state index in [-0.39, 0.29) is 0 Å². The first kappa shape index (κ1) is 15.0. The summed E-state index contributed by atoms with van der Waals surface area (Å²) in [5.74, 6) is 0.305. The fourth-order valence-electron chi connectivity index (χ4n) is 2.68. The molecule has 3 heteroatoms. The molecular weight excluding hydrogens is 248 g/mol. The molecule has 0 N–H and O–H groups in total. The number of hydrogen-bond donors (Lipinski definition) is 0. The third kappa shape index (κ3) is 3.83. The van der Waals surface area contributed by atoms with Gasteiger partial charge in [-0.25, -0.2) is 0 Å². The largest absolute Gasteiger partial charge is 0.340 e. The highest BCUT2D eigenvalue weighted by atomic mass is 16.2. The maximum Gasteiger partial charge on any atom is 0.222 e. The van der Waals surface area contributed by atoms with Gasteiger partial charge in [0.2, 0.25) is 5.91 Å². The summed E-state index contributed by atoms with van der Waals surface area (Å²) in [5, 5.41) is 0. The first-order valence-corrected chi connectivity index (χ1v) is 7.66. The Kier molecular flexibility index (Phi) is 5.18. The molecule has 1 aromatic rings. The smallest absolute Gasteiger partial charge is 0.222 e. The Morgan fingerprint density at radius 1 is 1.10 bits per heavy atom. The molecule has 110 valence electrons. The van der Waals surface area contributed by atoms with Crippen molar-refractivity contribution in [3.8, 4) is 0 Å². The highest BCUT2D eigenvalue weighted by molar-refractivity contribution is 5.76. The average molecular weight is 274 g/mol. The predicted molar refractivity (Wildman–Crippen MR) is 82.9 cm³/mol. The van der Waals surface area contributed by atoms with Gasteiger partial charge in [-0.2, -0.15) is 0 Å². The molecule has 0 aromatic heterocycles. The van der Waals surface area contributed by atoms with Gasteiger partial charge in [0.1, 0.15) is 0 Å². The van der Waals surface area contributed by atoms with Crippen LogP contribution >= 0.6 is 0 Å². The fraction of sp³-hybridized carbons (Fsp3) is 0.588. The molecule has 1 heterocycles. The minimum atomic E-state index is 0.305. The van der Waals surface area contributed by atoms with Gasteiger partial charge in [0.25, 0.3) is 0 Å². The van der Waals surface area contributed by atoms with Crippen molar-refractivity contribution in [2.24, 2.45) is 0 Å². The van der Waals surface area contributed by atoms with Gasteiger partial charge in [-0.15, -0.1) is 0 Å². The molecule has 1 aliphatic heterocycles. The zero-order valence-corrected chi connectivity index (χ0v) is 13.0. The zero-order valence-electron chi connectivity index (χ0n) is 13.0. The van der Waals surface area contributed by atoms with E-state index in [1.807, 2.05) is 4.90 Å². The van der Waals surface area contributed by atoms with Crippen LogP contribution in [0.1, 0.15) is 30.0 Å². The van der Waals surface area contributed by atoms with E-state index in [0.29, 0.717) is 12.3 Å². The first-order chi connectivity index (χ1) is 9.60. The lowest BCUT2D eigenvalue weighted by molar-refractivity contribution is -0.132. The molecule has 1 fully saturated rings. The third-order valence-electron chi connectivity index (χ3n) is 4.37. The molecule has 20 heavy (non-hydrogen) atoms. The highest BCUT2D eigenvalue weighted by Gasteiger charge is 2.19. The summed E-state index contributed by atoms with van der Waals surface area (Å²) in [6.07, 6.45) is 1.49. The van der Waals surface area contributed by atoms with Crippen LogP contribution in [0.25, 0.3) is 0 Å². The van der Waals surface area contributed by atoms with Gasteiger partial charge < -0.3 is 9.80 Å². The van der Waals surface area contributed by atoms with Crippen molar-refractivity contribution in [1.82, 2.24) is 9.80 Å². The van der Waals surface area contributed by atoms with Gasteiger partial charge in [0, 0.05) is 32.6 Å². The van der Waals surface area contributed by atoms with E-state index in [2.05, 4.69) is 43.9 Å². The van der Waals surface area contributed by atoms with Crippen molar-refractivity contribution in [2.75, 3.05) is 32.7 Å². The van der Waals surface area contributed by atoms with E-state index in [1.165, 1.54) is 16.7 Å². The van der Waals surface area contributed by atoms with E-state index < -0.39 is 0 Å². The standard InChI is InChI=1S/C17H26N2O/c1-4-18-9-11-19(12-10-18)17(20)8-7-16-6-5-14(2)15(3)13-16/h5-6,13H,4,7-12H2,1-3H3. The van der Waals surface area contributed by atoms with Crippen LogP contribution in [0.3, 0.4) is 0 Å². The SMILES string of the molecule is CCN1CCN(C(=O)CCc2ccc(C)c(C)c2)CC1. The molecule has 0 unspecified atom stereocenters. The number of nitrogens with zero attached hydrogens (tertiary/aromatic N) is 2. The monoisotopic (exact) mass is 274 g/mol. The van der Waals surface area contributed by atoms with E-state index in [4.69, 9.17) is 0 Å². The van der Waals surface area contributed by atoms with Gasteiger partial charge in [-0.1, -0.05) is 25.1 Å². The molecule has 1 aromatic carbocycles. The van der Waals surface area contributed by atoms with Crippen LogP contribution in [0.4, 0.5) is 0 Å². The number of likely N-dealkylation sites (N-methyl/N-ethyl adjacent to an activating group) is 1. The number of rotatable bonds is 4. The molecule has 0 radical (unpaired) electrons. The Morgan fingerprint density at radius 3 is 2.40 bits per heavy atom. The molecule has 1 amide bonds. The molecule has 0 spiro atoms. The van der Waals surface area contributed by atoms with Crippen LogP contribution in [0, 0.1) is 13.8 Å². The summed E-state index contributed by atoms with van der Waals surface area (Å²) >= 11 is 0. The number of piperazine rings is 1. The maximum atomic E-state index is 12.2. The molecule has 3 nitrogen and oxygen atoms in total. The Morgan fingerprint density at radius 2 is 1.80 bits per heavy atom. The van der Waals surface area contributed by atoms with Gasteiger partial charge in [-0.05, 0) is 43.5 Å². The summed E-state index contributed by atoms with van der Waals surface area (Å²) in [4.78, 5) is 16.6. The number of carbonyl (C=O) groups excluding carboxylic acids is 1. The van der Waals surface area contributed by atoms with Crippen molar-refractivity contribution in [3.63, 3.8) is 0 Å². The molecule has 0 aliphatic carbocycles. The second kappa shape index (κ2) is 6.89. The first-order valence-electron chi connectivity index (χ1n) is 7.66. The second-order valence-corrected chi connectivity index (χ2v) is 5.73. The normalized spacial score (nSPS) is 16.4. The Bertz CT molecular complexity index is 462. The summed E-state index contributed by atoms with van der Waals surface area (Å²) in [6.45, 7) is 11.3. The highest BCUT2D eigenvalue weighted by Crippen LogP contribution is 2.12. The number of hydrogen-bond acceptors (Lipinski definition) is 2. The van der Waals surface area contributed by atoms with E-state index >= 15 is 0 Å². The fourth-order valence-corrected chi connectivity index (χ4v) is 2.68. The van der Waals surface area contributed by atoms with E-state index in [9.17, 15) is 4.79 Å². The number of carbonyl (C=O) groups is 1. The number of benzene rings is 1. The summed E-state index contributed by atoms with van der Waals surface area (Å²) in [7, 11) is 0. The second-order valence-electron chi connectivity index (χ2n) is 5.73. The third-order valence-corrected chi connectivity index (χ3v) is 4.37. The summed E-state index contributed by atoms with van der Waals surface area (Å²) in [6, 6.07) is 6.50. The molecular formula is C17H26N2O. The van der Waals surface area contributed by atoms with E-state index in [1.54, 1.807) is 0 Å². The van der Waals surface area contributed by atoms with Gasteiger partial charge in [0.05, 0.1) is 0 Å². The quantitative estimate of drug-likeness (QED) is 0.842. The number of amides is 1. The van der Waals surface area contributed by atoms with Crippen molar-refractivity contribution in [2.45, 2.75) is 33.6 Å². The van der Waals surface area contributed by atoms with Gasteiger partial charge in [-0.3, -0.25) is 4.79 Å². The van der Waals surface area contributed by atoms with Gasteiger partial charge >= 0.3 is 0 Å². The minimum Gasteiger partial charge on any atom is -0.340 e. The molecule has 1 saturated heterocycles. The average Bonchev–Trinajstić information content (AvgIpc) is 2.48. The van der Waals surface area contributed by atoms with Crippen LogP contribution < -0.4 is 0 Å². The van der Waals surface area contributed by atoms with Crippen molar-refractivity contribution in [1.29, 1.82) is 0 Å². The van der Waals surface area contributed by atoms with Gasteiger partial charge in [0.15, 0.2) is 0 Å². The molecule has 0 saturated carbocycles. The lowest BCUT2D eigenvalue weighted by Gasteiger charge is -2.34. The van der Waals surface area contributed by atoms with Crippen LogP contribution in [-0.2, 0) is 11.2 Å². The molecule has 0 atom stereocenters. The van der Waals surface area contributed by atoms with Crippen molar-refractivity contribution >= 4 is 5.91 Å². The predicted octanol–water partition coefficient (Wildman–Crippen LogP) is 2.40. The Hall–Kier alpha value is -1.35. The van der Waals surface area contributed by atoms with Crippen LogP contribution in [0.15, 0.2) is 18.2 Å². The van der Waals surface area contributed by atoms with E-state index in [0.717, 1.165) is 39.1 Å². The minimum absolute atomic E-state index is 0.305. The summed E-state index contributed by atoms with van der Waals surface area (Å²) in [5.41, 5.74) is 3.90. The van der Waals surface area contributed by atoms with Crippen LogP contribution in [-0.4, -0.2) is 48.4 Å². The number of aryl methyl sites for hydroxylation is 3. The Balaban J connectivity index is 1.81. The van der Waals surface area contributed by atoms with Crippen LogP contribution in [0.2, 0.25) is 0 Å². The Labute approximate surface area is 122 Å². The lowest BCUT2D eigenvalue weighted by atomic mass is 10.0. The topological polar surface area (TPSA) is 23.6 Å². The van der Waals surface area contributed by atoms with Crippen molar-refractivity contribution < 1.29 is 4.79 Å². The van der Waals surface area contributed by atoms with Crippen LogP contribution in [0.5, 0.6) is 0 Å². The van der Waals surface area contributed by atoms with Crippen molar-refractivity contribution in [3.05, 3.63) is 34.9 Å². The summed E-state index contributed by atoms with van der Waals surface area (Å²) < 4.78 is 0. The lowest BCUT2D eigenvalue weighted by Crippen LogP contribution is -2.48. The molecule has 1 aliphatic rings. The molecule has 2 rings (SSSR count). The zero-order chi connectivity index (χ0) is 14.5. The maximum absolute atomic E-state index is 12.2.